The van der Waals surface area contributed by atoms with Gasteiger partial charge in [0.25, 0.3) is 0 Å². The highest BCUT2D eigenvalue weighted by Crippen LogP contribution is 2.34. The standard InChI is InChI=1S/C23H27ClN2O4S/c1-23(2,14-24)22(28)26(17-6-7-17)13-21(27)25(12-18-4-3-9-31-18)11-16-5-8-19-20(10-16)30-15-29-19/h3-5,8-10,17H,6-7,11-15H2,1-2H3. The molecule has 2 aliphatic rings. The molecule has 0 unspecified atom stereocenters. The quantitative estimate of drug-likeness (QED) is 0.522. The van der Waals surface area contributed by atoms with E-state index >= 15 is 0 Å². The number of rotatable bonds is 9. The first-order valence-corrected chi connectivity index (χ1v) is 11.8. The number of hydrogen-bond donors (Lipinski definition) is 0. The Kier molecular flexibility index (Phi) is 6.44. The van der Waals surface area contributed by atoms with Crippen molar-refractivity contribution < 1.29 is 19.1 Å². The third-order valence-electron chi connectivity index (χ3n) is 5.56. The van der Waals surface area contributed by atoms with Gasteiger partial charge in [-0.3, -0.25) is 9.59 Å². The Hall–Kier alpha value is -2.25. The van der Waals surface area contributed by atoms with Crippen LogP contribution in [0.3, 0.4) is 0 Å². The summed E-state index contributed by atoms with van der Waals surface area (Å²) in [5.41, 5.74) is 0.264. The van der Waals surface area contributed by atoms with Gasteiger partial charge in [0.2, 0.25) is 18.6 Å². The topological polar surface area (TPSA) is 59.1 Å². The van der Waals surface area contributed by atoms with Crippen molar-refractivity contribution in [1.29, 1.82) is 0 Å². The molecule has 1 aromatic heterocycles. The summed E-state index contributed by atoms with van der Waals surface area (Å²) in [5.74, 6) is 1.50. The summed E-state index contributed by atoms with van der Waals surface area (Å²) in [4.78, 5) is 31.1. The van der Waals surface area contributed by atoms with Gasteiger partial charge in [-0.25, -0.2) is 0 Å². The van der Waals surface area contributed by atoms with Crippen LogP contribution in [0.4, 0.5) is 0 Å². The summed E-state index contributed by atoms with van der Waals surface area (Å²) in [5, 5.41) is 2.00. The molecule has 0 atom stereocenters. The number of fused-ring (bicyclic) bond motifs is 1. The van der Waals surface area contributed by atoms with Crippen molar-refractivity contribution in [2.75, 3.05) is 19.2 Å². The molecule has 0 saturated heterocycles. The Morgan fingerprint density at radius 3 is 2.61 bits per heavy atom. The number of alkyl halides is 1. The minimum atomic E-state index is -0.694. The molecule has 0 radical (unpaired) electrons. The van der Waals surface area contributed by atoms with E-state index in [-0.39, 0.29) is 37.1 Å². The minimum Gasteiger partial charge on any atom is -0.454 e. The molecule has 2 heterocycles. The molecule has 31 heavy (non-hydrogen) atoms. The van der Waals surface area contributed by atoms with Crippen molar-refractivity contribution in [3.8, 4) is 11.5 Å². The molecule has 0 spiro atoms. The Balaban J connectivity index is 1.52. The van der Waals surface area contributed by atoms with Gasteiger partial charge < -0.3 is 19.3 Å². The lowest BCUT2D eigenvalue weighted by atomic mass is 9.94. The van der Waals surface area contributed by atoms with Crippen molar-refractivity contribution in [2.45, 2.75) is 45.8 Å². The van der Waals surface area contributed by atoms with Gasteiger partial charge in [-0.1, -0.05) is 12.1 Å². The number of carbonyl (C=O) groups excluding carboxylic acids is 2. The fraction of sp³-hybridized carbons (Fsp3) is 0.478. The average Bonchev–Trinajstić information content (AvgIpc) is 3.26. The molecule has 2 aromatic rings. The molecular formula is C23H27ClN2O4S. The number of ether oxygens (including phenoxy) is 2. The first kappa shape index (κ1) is 22.0. The van der Waals surface area contributed by atoms with Crippen molar-refractivity contribution in [3.05, 3.63) is 46.2 Å². The zero-order chi connectivity index (χ0) is 22.0. The molecule has 1 saturated carbocycles. The van der Waals surface area contributed by atoms with E-state index in [2.05, 4.69) is 0 Å². The lowest BCUT2D eigenvalue weighted by Gasteiger charge is -2.32. The van der Waals surface area contributed by atoms with E-state index in [0.29, 0.717) is 24.6 Å². The first-order chi connectivity index (χ1) is 14.9. The Morgan fingerprint density at radius 1 is 1.16 bits per heavy atom. The lowest BCUT2D eigenvalue weighted by Crippen LogP contribution is -2.48. The van der Waals surface area contributed by atoms with Gasteiger partial charge in [0, 0.05) is 23.3 Å². The number of nitrogens with zero attached hydrogens (tertiary/aromatic N) is 2. The summed E-state index contributed by atoms with van der Waals surface area (Å²) in [7, 11) is 0. The summed E-state index contributed by atoms with van der Waals surface area (Å²) in [6, 6.07) is 9.86. The summed E-state index contributed by atoms with van der Waals surface area (Å²) >= 11 is 7.66. The number of amides is 2. The molecule has 8 heteroatoms. The first-order valence-electron chi connectivity index (χ1n) is 10.4. The van der Waals surface area contributed by atoms with Gasteiger partial charge in [0.1, 0.15) is 6.54 Å². The Morgan fingerprint density at radius 2 is 1.94 bits per heavy atom. The highest BCUT2D eigenvalue weighted by molar-refractivity contribution is 7.09. The largest absolute Gasteiger partial charge is 0.454 e. The van der Waals surface area contributed by atoms with Crippen LogP contribution < -0.4 is 9.47 Å². The van der Waals surface area contributed by atoms with E-state index in [1.807, 2.05) is 49.6 Å². The average molecular weight is 463 g/mol. The van der Waals surface area contributed by atoms with Crippen LogP contribution in [0, 0.1) is 5.41 Å². The van der Waals surface area contributed by atoms with Gasteiger partial charge in [0.15, 0.2) is 11.5 Å². The molecule has 1 fully saturated rings. The fourth-order valence-corrected chi connectivity index (χ4v) is 4.36. The summed E-state index contributed by atoms with van der Waals surface area (Å²) in [6.07, 6.45) is 1.87. The Bertz CT molecular complexity index is 943. The van der Waals surface area contributed by atoms with Crippen LogP contribution in [0.5, 0.6) is 11.5 Å². The predicted octanol–water partition coefficient (Wildman–Crippen LogP) is 4.26. The maximum atomic E-state index is 13.4. The summed E-state index contributed by atoms with van der Waals surface area (Å²) < 4.78 is 10.9. The van der Waals surface area contributed by atoms with Gasteiger partial charge in [0.05, 0.1) is 12.0 Å². The molecule has 0 N–H and O–H groups in total. The van der Waals surface area contributed by atoms with E-state index in [1.54, 1.807) is 21.1 Å². The zero-order valence-corrected chi connectivity index (χ0v) is 19.4. The fourth-order valence-electron chi connectivity index (χ4n) is 3.53. The van der Waals surface area contributed by atoms with Crippen molar-refractivity contribution >= 4 is 34.8 Å². The SMILES string of the molecule is CC(C)(CCl)C(=O)N(CC(=O)N(Cc1ccc2c(c1)OCO2)Cc1cccs1)C1CC1. The van der Waals surface area contributed by atoms with Crippen molar-refractivity contribution in [2.24, 2.45) is 5.41 Å². The highest BCUT2D eigenvalue weighted by atomic mass is 35.5. The van der Waals surface area contributed by atoms with Crippen LogP contribution in [-0.2, 0) is 22.7 Å². The van der Waals surface area contributed by atoms with Crippen LogP contribution in [0.15, 0.2) is 35.7 Å². The number of thiophene rings is 1. The van der Waals surface area contributed by atoms with E-state index < -0.39 is 5.41 Å². The number of benzene rings is 1. The molecule has 2 amide bonds. The van der Waals surface area contributed by atoms with E-state index in [0.717, 1.165) is 23.3 Å². The highest BCUT2D eigenvalue weighted by Gasteiger charge is 2.40. The lowest BCUT2D eigenvalue weighted by molar-refractivity contribution is -0.146. The smallest absolute Gasteiger partial charge is 0.242 e. The second kappa shape index (κ2) is 9.09. The maximum absolute atomic E-state index is 13.4. The van der Waals surface area contributed by atoms with Gasteiger partial charge in [-0.2, -0.15) is 0 Å². The summed E-state index contributed by atoms with van der Waals surface area (Å²) in [6.45, 7) is 4.87. The third kappa shape index (κ3) is 5.15. The van der Waals surface area contributed by atoms with Gasteiger partial charge >= 0.3 is 0 Å². The second-order valence-corrected chi connectivity index (χ2v) is 10.00. The monoisotopic (exact) mass is 462 g/mol. The minimum absolute atomic E-state index is 0.0579. The molecule has 1 aromatic carbocycles. The normalized spacial score (nSPS) is 15.1. The Labute approximate surface area is 191 Å². The molecule has 1 aliphatic carbocycles. The number of halogens is 1. The van der Waals surface area contributed by atoms with Crippen molar-refractivity contribution in [1.82, 2.24) is 9.80 Å². The second-order valence-electron chi connectivity index (χ2n) is 8.70. The van der Waals surface area contributed by atoms with E-state index in [9.17, 15) is 9.59 Å². The molecule has 4 rings (SSSR count). The molecule has 0 bridgehead atoms. The third-order valence-corrected chi connectivity index (χ3v) is 7.09. The molecule has 166 valence electrons. The predicted molar refractivity (Wildman–Crippen MR) is 120 cm³/mol. The molecular weight excluding hydrogens is 436 g/mol. The van der Waals surface area contributed by atoms with E-state index in [4.69, 9.17) is 21.1 Å². The number of hydrogen-bond acceptors (Lipinski definition) is 5. The van der Waals surface area contributed by atoms with E-state index in [1.165, 1.54) is 0 Å². The van der Waals surface area contributed by atoms with Gasteiger partial charge in [-0.05, 0) is 55.8 Å². The molecule has 6 nitrogen and oxygen atoms in total. The molecule has 1 aliphatic heterocycles. The van der Waals surface area contributed by atoms with Crippen molar-refractivity contribution in [3.63, 3.8) is 0 Å². The van der Waals surface area contributed by atoms with Crippen LogP contribution in [0.2, 0.25) is 0 Å². The van der Waals surface area contributed by atoms with Crippen LogP contribution >= 0.6 is 22.9 Å². The van der Waals surface area contributed by atoms with Crippen LogP contribution in [-0.4, -0.2) is 46.9 Å². The number of carbonyl (C=O) groups is 2. The van der Waals surface area contributed by atoms with Crippen LogP contribution in [0.1, 0.15) is 37.1 Å². The zero-order valence-electron chi connectivity index (χ0n) is 17.8. The van der Waals surface area contributed by atoms with Gasteiger partial charge in [-0.15, -0.1) is 22.9 Å². The van der Waals surface area contributed by atoms with Crippen LogP contribution in [0.25, 0.3) is 0 Å². The maximum Gasteiger partial charge on any atom is 0.242 e.